The number of carboxylic acids is 1. The molecule has 0 saturated heterocycles. The number of benzene rings is 2. The lowest BCUT2D eigenvalue weighted by Gasteiger charge is -2.24. The zero-order chi connectivity index (χ0) is 23.1. The third-order valence-electron chi connectivity index (χ3n) is 5.46. The van der Waals surface area contributed by atoms with Crippen LogP contribution in [0.5, 0.6) is 11.5 Å². The second-order valence-corrected chi connectivity index (χ2v) is 7.37. The Balaban J connectivity index is 2.18. The molecule has 164 valence electrons. The van der Waals surface area contributed by atoms with E-state index in [1.807, 2.05) is 0 Å². The molecule has 3 aromatic rings. The summed E-state index contributed by atoms with van der Waals surface area (Å²) in [7, 11) is 0. The number of halogens is 3. The Morgan fingerprint density at radius 2 is 1.71 bits per heavy atom. The van der Waals surface area contributed by atoms with Gasteiger partial charge in [0.05, 0.1) is 10.9 Å². The molecule has 0 bridgehead atoms. The normalized spacial score (nSPS) is 13.7. The van der Waals surface area contributed by atoms with Crippen LogP contribution in [0.1, 0.15) is 41.9 Å². The zero-order valence-electron chi connectivity index (χ0n) is 16.9. The Morgan fingerprint density at radius 3 is 2.23 bits per heavy atom. The highest BCUT2D eigenvalue weighted by Gasteiger charge is 2.39. The number of phenolic OH excluding ortho intramolecular Hbond substituents is 1. The van der Waals surface area contributed by atoms with E-state index < -0.39 is 29.4 Å². The number of aromatic hydroxyl groups is 1. The topological polar surface area (TPSA) is 88.8 Å². The van der Waals surface area contributed by atoms with Crippen LogP contribution in [-0.4, -0.2) is 33.0 Å². The predicted octanol–water partition coefficient (Wildman–Crippen LogP) is 4.99. The van der Waals surface area contributed by atoms with Crippen molar-refractivity contribution in [3.63, 3.8) is 0 Å². The van der Waals surface area contributed by atoms with Crippen molar-refractivity contribution < 1.29 is 37.7 Å². The van der Waals surface area contributed by atoms with Crippen LogP contribution >= 0.6 is 0 Å². The SMILES string of the molecule is CC[C@@](C)(C(=O)O)c1c(C)n(C(=O)c2ccc(OC(F)(F)F)cc2)c2ccc(O)cc12. The highest BCUT2D eigenvalue weighted by molar-refractivity contribution is 6.05. The van der Waals surface area contributed by atoms with Crippen molar-refractivity contribution in [3.05, 3.63) is 59.3 Å². The molecule has 0 unspecified atom stereocenters. The fourth-order valence-electron chi connectivity index (χ4n) is 3.73. The number of rotatable bonds is 5. The molecule has 2 N–H and O–H groups in total. The highest BCUT2D eigenvalue weighted by atomic mass is 19.4. The lowest BCUT2D eigenvalue weighted by Crippen LogP contribution is -2.32. The summed E-state index contributed by atoms with van der Waals surface area (Å²) in [6.07, 6.45) is -4.62. The van der Waals surface area contributed by atoms with Crippen molar-refractivity contribution in [1.29, 1.82) is 0 Å². The fraction of sp³-hybridized carbons (Fsp3) is 0.273. The molecule has 9 heteroatoms. The lowest BCUT2D eigenvalue weighted by atomic mass is 9.78. The smallest absolute Gasteiger partial charge is 0.508 e. The van der Waals surface area contributed by atoms with Crippen LogP contribution in [-0.2, 0) is 10.2 Å². The molecule has 0 aliphatic carbocycles. The van der Waals surface area contributed by atoms with Crippen LogP contribution in [0.2, 0.25) is 0 Å². The van der Waals surface area contributed by atoms with Gasteiger partial charge in [0.1, 0.15) is 11.5 Å². The first-order valence-electron chi connectivity index (χ1n) is 9.37. The molecule has 31 heavy (non-hydrogen) atoms. The first kappa shape index (κ1) is 22.2. The minimum atomic E-state index is -4.85. The number of alkyl halides is 3. The zero-order valence-corrected chi connectivity index (χ0v) is 16.9. The van der Waals surface area contributed by atoms with E-state index >= 15 is 0 Å². The molecule has 2 aromatic carbocycles. The van der Waals surface area contributed by atoms with Crippen LogP contribution in [0.4, 0.5) is 13.2 Å². The van der Waals surface area contributed by atoms with Gasteiger partial charge in [-0.3, -0.25) is 14.2 Å². The third-order valence-corrected chi connectivity index (χ3v) is 5.46. The largest absolute Gasteiger partial charge is 0.573 e. The fourth-order valence-corrected chi connectivity index (χ4v) is 3.73. The minimum Gasteiger partial charge on any atom is -0.508 e. The Hall–Kier alpha value is -3.49. The van der Waals surface area contributed by atoms with E-state index in [2.05, 4.69) is 4.74 Å². The molecule has 0 radical (unpaired) electrons. The number of carboxylic acid groups (broad SMARTS) is 1. The molecule has 1 atom stereocenters. The van der Waals surface area contributed by atoms with Gasteiger partial charge >= 0.3 is 12.3 Å². The van der Waals surface area contributed by atoms with Crippen molar-refractivity contribution >= 4 is 22.8 Å². The number of phenols is 1. The summed E-state index contributed by atoms with van der Waals surface area (Å²) in [4.78, 5) is 25.3. The first-order chi connectivity index (χ1) is 14.4. The summed E-state index contributed by atoms with van der Waals surface area (Å²) in [5.41, 5.74) is -0.104. The number of hydrogen-bond donors (Lipinski definition) is 2. The Bertz CT molecular complexity index is 1160. The van der Waals surface area contributed by atoms with Gasteiger partial charge in [-0.1, -0.05) is 6.92 Å². The maximum absolute atomic E-state index is 13.3. The van der Waals surface area contributed by atoms with Crippen LogP contribution in [0.3, 0.4) is 0 Å². The number of hydrogen-bond acceptors (Lipinski definition) is 4. The van der Waals surface area contributed by atoms with E-state index in [9.17, 15) is 33.0 Å². The average molecular weight is 435 g/mol. The number of aromatic nitrogens is 1. The number of carbonyl (C=O) groups excluding carboxylic acids is 1. The molecule has 0 aliphatic rings. The maximum Gasteiger partial charge on any atom is 0.573 e. The molecule has 0 amide bonds. The molecular formula is C22H20F3NO5. The summed E-state index contributed by atoms with van der Waals surface area (Å²) >= 11 is 0. The van der Waals surface area contributed by atoms with Gasteiger partial charge in [0.25, 0.3) is 5.91 Å². The number of carbonyl (C=O) groups is 2. The average Bonchev–Trinajstić information content (AvgIpc) is 2.97. The molecule has 1 heterocycles. The van der Waals surface area contributed by atoms with Crippen molar-refractivity contribution in [2.45, 2.75) is 39.0 Å². The van der Waals surface area contributed by atoms with Crippen molar-refractivity contribution in [1.82, 2.24) is 4.57 Å². The number of fused-ring (bicyclic) bond motifs is 1. The predicted molar refractivity (Wildman–Crippen MR) is 106 cm³/mol. The first-order valence-corrected chi connectivity index (χ1v) is 9.37. The van der Waals surface area contributed by atoms with Gasteiger partial charge in [-0.25, -0.2) is 0 Å². The molecular weight excluding hydrogens is 415 g/mol. The van der Waals surface area contributed by atoms with Crippen LogP contribution in [0.15, 0.2) is 42.5 Å². The van der Waals surface area contributed by atoms with Gasteiger partial charge in [-0.2, -0.15) is 0 Å². The minimum absolute atomic E-state index is 0.0858. The Kier molecular flexibility index (Phi) is 5.47. The molecule has 0 aliphatic heterocycles. The van der Waals surface area contributed by atoms with Crippen molar-refractivity contribution in [3.8, 4) is 11.5 Å². The molecule has 0 saturated carbocycles. The van der Waals surface area contributed by atoms with E-state index in [1.165, 1.54) is 34.9 Å². The lowest BCUT2D eigenvalue weighted by molar-refractivity contribution is -0.274. The van der Waals surface area contributed by atoms with E-state index in [1.54, 1.807) is 20.8 Å². The number of aliphatic carboxylic acids is 1. The van der Waals surface area contributed by atoms with Gasteiger partial charge in [0.15, 0.2) is 0 Å². The van der Waals surface area contributed by atoms with E-state index in [0.717, 1.165) is 12.1 Å². The summed E-state index contributed by atoms with van der Waals surface area (Å²) in [5, 5.41) is 20.2. The number of ether oxygens (including phenoxy) is 1. The summed E-state index contributed by atoms with van der Waals surface area (Å²) in [6.45, 7) is 4.85. The van der Waals surface area contributed by atoms with Gasteiger partial charge < -0.3 is 14.9 Å². The molecule has 0 spiro atoms. The maximum atomic E-state index is 13.3. The molecule has 6 nitrogen and oxygen atoms in total. The second kappa shape index (κ2) is 7.64. The highest BCUT2D eigenvalue weighted by Crippen LogP contribution is 2.39. The summed E-state index contributed by atoms with van der Waals surface area (Å²) in [6, 6.07) is 8.73. The monoisotopic (exact) mass is 435 g/mol. The van der Waals surface area contributed by atoms with Crippen LogP contribution in [0.25, 0.3) is 10.9 Å². The second-order valence-electron chi connectivity index (χ2n) is 7.37. The third kappa shape index (κ3) is 3.95. The van der Waals surface area contributed by atoms with Gasteiger partial charge in [0, 0.05) is 16.6 Å². The van der Waals surface area contributed by atoms with Crippen LogP contribution in [0, 0.1) is 6.92 Å². The Labute approximate surface area is 175 Å². The van der Waals surface area contributed by atoms with Crippen molar-refractivity contribution in [2.24, 2.45) is 0 Å². The quantitative estimate of drug-likeness (QED) is 0.589. The van der Waals surface area contributed by atoms with Crippen LogP contribution < -0.4 is 4.74 Å². The van der Waals surface area contributed by atoms with E-state index in [-0.39, 0.29) is 17.7 Å². The standard InChI is InChI=1S/C22H20F3NO5/c1-4-21(3,20(29)30)18-12(2)26(17-10-7-14(27)11-16(17)18)19(28)13-5-8-15(9-6-13)31-22(23,24)25/h5-11,27H,4H2,1-3H3,(H,29,30)/t21-/m1/s1. The number of nitrogens with zero attached hydrogens (tertiary/aromatic N) is 1. The van der Waals surface area contributed by atoms with Gasteiger partial charge in [-0.05, 0) is 68.3 Å². The van der Waals surface area contributed by atoms with Gasteiger partial charge in [-0.15, -0.1) is 13.2 Å². The molecule has 3 rings (SSSR count). The molecule has 1 aromatic heterocycles. The Morgan fingerprint density at radius 1 is 1.10 bits per heavy atom. The molecule has 0 fully saturated rings. The van der Waals surface area contributed by atoms with E-state index in [0.29, 0.717) is 22.2 Å². The van der Waals surface area contributed by atoms with E-state index in [4.69, 9.17) is 0 Å². The summed E-state index contributed by atoms with van der Waals surface area (Å²) in [5.74, 6) is -2.19. The van der Waals surface area contributed by atoms with Crippen molar-refractivity contribution in [2.75, 3.05) is 0 Å². The van der Waals surface area contributed by atoms with Gasteiger partial charge in [0.2, 0.25) is 0 Å². The summed E-state index contributed by atoms with van der Waals surface area (Å²) < 4.78 is 42.3.